The van der Waals surface area contributed by atoms with Crippen molar-refractivity contribution < 1.29 is 4.79 Å². The van der Waals surface area contributed by atoms with Crippen LogP contribution in [0.1, 0.15) is 32.9 Å². The molecule has 1 heterocycles. The molecule has 3 heteroatoms. The van der Waals surface area contributed by atoms with E-state index in [9.17, 15) is 4.79 Å². The van der Waals surface area contributed by atoms with E-state index in [1.54, 1.807) is 19.2 Å². The molecule has 1 amide bonds. The Morgan fingerprint density at radius 2 is 2.15 bits per heavy atom. The van der Waals surface area contributed by atoms with Gasteiger partial charge < -0.3 is 5.32 Å². The van der Waals surface area contributed by atoms with Crippen LogP contribution in [0.15, 0.2) is 43.0 Å². The van der Waals surface area contributed by atoms with Crippen LogP contribution in [0.3, 0.4) is 0 Å². The lowest BCUT2D eigenvalue weighted by Gasteiger charge is -2.07. The number of rotatable bonds is 4. The van der Waals surface area contributed by atoms with Gasteiger partial charge in [0.2, 0.25) is 0 Å². The van der Waals surface area contributed by atoms with Gasteiger partial charge in [0, 0.05) is 19.2 Å². The third-order valence-corrected chi connectivity index (χ3v) is 3.06. The Morgan fingerprint density at radius 3 is 2.80 bits per heavy atom. The predicted molar refractivity (Wildman–Crippen MR) is 81.7 cm³/mol. The molecule has 0 saturated heterocycles. The molecule has 0 spiro atoms. The summed E-state index contributed by atoms with van der Waals surface area (Å²) in [6, 6.07) is 12.0. The van der Waals surface area contributed by atoms with Crippen LogP contribution in [0, 0.1) is 6.92 Å². The average molecular weight is 266 g/mol. The van der Waals surface area contributed by atoms with Gasteiger partial charge in [0.25, 0.3) is 5.91 Å². The first-order valence-electron chi connectivity index (χ1n) is 6.53. The first-order valence-corrected chi connectivity index (χ1v) is 6.53. The van der Waals surface area contributed by atoms with Gasteiger partial charge in [-0.25, -0.2) is 4.98 Å². The molecule has 0 radical (unpaired) electrons. The summed E-state index contributed by atoms with van der Waals surface area (Å²) in [6.07, 6.45) is 2.43. The van der Waals surface area contributed by atoms with Crippen molar-refractivity contribution in [1.82, 2.24) is 10.3 Å². The smallest absolute Gasteiger partial charge is 0.269 e. The highest BCUT2D eigenvalue weighted by molar-refractivity contribution is 5.92. The zero-order chi connectivity index (χ0) is 14.5. The molecule has 1 aromatic heterocycles. The Labute approximate surface area is 119 Å². The highest BCUT2D eigenvalue weighted by Crippen LogP contribution is 2.13. The molecule has 20 heavy (non-hydrogen) atoms. The number of hydrogen-bond donors (Lipinski definition) is 1. The van der Waals surface area contributed by atoms with Gasteiger partial charge in [-0.05, 0) is 30.2 Å². The monoisotopic (exact) mass is 266 g/mol. The number of nitrogens with zero attached hydrogens (tertiary/aromatic N) is 1. The van der Waals surface area contributed by atoms with Gasteiger partial charge in [-0.2, -0.15) is 0 Å². The Morgan fingerprint density at radius 1 is 1.35 bits per heavy atom. The lowest BCUT2D eigenvalue weighted by atomic mass is 10.0. The molecular weight excluding hydrogens is 248 g/mol. The van der Waals surface area contributed by atoms with Crippen molar-refractivity contribution in [3.63, 3.8) is 0 Å². The van der Waals surface area contributed by atoms with Crippen LogP contribution in [-0.2, 0) is 6.42 Å². The Kier molecular flexibility index (Phi) is 4.31. The summed E-state index contributed by atoms with van der Waals surface area (Å²) in [4.78, 5) is 16.1. The van der Waals surface area contributed by atoms with E-state index in [1.165, 1.54) is 11.1 Å². The fourth-order valence-corrected chi connectivity index (χ4v) is 2.10. The maximum Gasteiger partial charge on any atom is 0.269 e. The standard InChI is InChI=1S/C17H18N2O/c1-4-13-9-15(19-16(11-13)17(20)18-3)10-14-7-5-6-12(2)8-14/h4-9,11H,1,10H2,2-3H3,(H,18,20). The Hall–Kier alpha value is -2.42. The summed E-state index contributed by atoms with van der Waals surface area (Å²) >= 11 is 0. The van der Waals surface area contributed by atoms with Crippen molar-refractivity contribution in [2.45, 2.75) is 13.3 Å². The zero-order valence-corrected chi connectivity index (χ0v) is 11.8. The second-order valence-corrected chi connectivity index (χ2v) is 4.73. The van der Waals surface area contributed by atoms with Crippen molar-refractivity contribution in [2.75, 3.05) is 7.05 Å². The molecule has 3 nitrogen and oxygen atoms in total. The lowest BCUT2D eigenvalue weighted by molar-refractivity contribution is 0.0958. The van der Waals surface area contributed by atoms with Gasteiger partial charge in [-0.1, -0.05) is 42.5 Å². The fourth-order valence-electron chi connectivity index (χ4n) is 2.10. The van der Waals surface area contributed by atoms with Crippen molar-refractivity contribution in [3.8, 4) is 0 Å². The van der Waals surface area contributed by atoms with E-state index in [-0.39, 0.29) is 5.91 Å². The number of carbonyl (C=O) groups is 1. The van der Waals surface area contributed by atoms with Gasteiger partial charge in [0.1, 0.15) is 5.69 Å². The number of carbonyl (C=O) groups excluding carboxylic acids is 1. The molecule has 1 aromatic carbocycles. The molecule has 1 N–H and O–H groups in total. The summed E-state index contributed by atoms with van der Waals surface area (Å²) in [5, 5.41) is 2.60. The number of benzene rings is 1. The van der Waals surface area contributed by atoms with Crippen LogP contribution < -0.4 is 5.32 Å². The van der Waals surface area contributed by atoms with Crippen LogP contribution in [0.2, 0.25) is 0 Å². The fraction of sp³-hybridized carbons (Fsp3) is 0.176. The minimum absolute atomic E-state index is 0.181. The van der Waals surface area contributed by atoms with Gasteiger partial charge in [-0.3, -0.25) is 4.79 Å². The van der Waals surface area contributed by atoms with E-state index in [1.807, 2.05) is 12.1 Å². The molecule has 0 aliphatic carbocycles. The molecular formula is C17H18N2O. The van der Waals surface area contributed by atoms with Crippen LogP contribution in [0.4, 0.5) is 0 Å². The molecule has 102 valence electrons. The topological polar surface area (TPSA) is 42.0 Å². The summed E-state index contributed by atoms with van der Waals surface area (Å²) < 4.78 is 0. The van der Waals surface area contributed by atoms with E-state index in [0.29, 0.717) is 12.1 Å². The van der Waals surface area contributed by atoms with Gasteiger partial charge in [0.05, 0.1) is 0 Å². The predicted octanol–water partition coefficient (Wildman–Crippen LogP) is 2.98. The zero-order valence-electron chi connectivity index (χ0n) is 11.8. The number of pyridine rings is 1. The summed E-state index contributed by atoms with van der Waals surface area (Å²) in [7, 11) is 1.60. The Balaban J connectivity index is 2.35. The molecule has 0 saturated carbocycles. The summed E-state index contributed by atoms with van der Waals surface area (Å²) in [6.45, 7) is 5.82. The summed E-state index contributed by atoms with van der Waals surface area (Å²) in [5.41, 5.74) is 4.59. The molecule has 0 unspecified atom stereocenters. The van der Waals surface area contributed by atoms with Crippen molar-refractivity contribution in [1.29, 1.82) is 0 Å². The van der Waals surface area contributed by atoms with E-state index in [4.69, 9.17) is 0 Å². The van der Waals surface area contributed by atoms with Gasteiger partial charge in [-0.15, -0.1) is 0 Å². The van der Waals surface area contributed by atoms with E-state index >= 15 is 0 Å². The number of amides is 1. The first-order chi connectivity index (χ1) is 9.62. The maximum absolute atomic E-state index is 11.7. The van der Waals surface area contributed by atoms with Crippen LogP contribution >= 0.6 is 0 Å². The second kappa shape index (κ2) is 6.15. The van der Waals surface area contributed by atoms with E-state index in [0.717, 1.165) is 11.3 Å². The van der Waals surface area contributed by atoms with E-state index < -0.39 is 0 Å². The average Bonchev–Trinajstić information content (AvgIpc) is 2.46. The lowest BCUT2D eigenvalue weighted by Crippen LogP contribution is -2.20. The number of nitrogens with one attached hydrogen (secondary N) is 1. The molecule has 0 aliphatic heterocycles. The molecule has 2 aromatic rings. The van der Waals surface area contributed by atoms with Crippen molar-refractivity contribution >= 4 is 12.0 Å². The van der Waals surface area contributed by atoms with Crippen LogP contribution in [-0.4, -0.2) is 17.9 Å². The van der Waals surface area contributed by atoms with E-state index in [2.05, 4.69) is 42.0 Å². The molecule has 0 atom stereocenters. The quantitative estimate of drug-likeness (QED) is 0.924. The third kappa shape index (κ3) is 3.32. The highest BCUT2D eigenvalue weighted by Gasteiger charge is 2.08. The SMILES string of the molecule is C=Cc1cc(Cc2cccc(C)c2)nc(C(=O)NC)c1. The Bertz CT molecular complexity index is 647. The molecule has 0 aliphatic rings. The van der Waals surface area contributed by atoms with Crippen molar-refractivity contribution in [3.05, 3.63) is 71.1 Å². The van der Waals surface area contributed by atoms with Crippen molar-refractivity contribution in [2.24, 2.45) is 0 Å². The molecule has 2 rings (SSSR count). The minimum atomic E-state index is -0.181. The largest absolute Gasteiger partial charge is 0.354 e. The molecule has 0 bridgehead atoms. The molecule has 0 fully saturated rings. The maximum atomic E-state index is 11.7. The normalized spacial score (nSPS) is 10.1. The van der Waals surface area contributed by atoms with Gasteiger partial charge in [0.15, 0.2) is 0 Å². The highest BCUT2D eigenvalue weighted by atomic mass is 16.1. The third-order valence-electron chi connectivity index (χ3n) is 3.06. The van der Waals surface area contributed by atoms with Gasteiger partial charge >= 0.3 is 0 Å². The second-order valence-electron chi connectivity index (χ2n) is 4.73. The number of aryl methyl sites for hydroxylation is 1. The van der Waals surface area contributed by atoms with Crippen LogP contribution in [0.5, 0.6) is 0 Å². The number of aromatic nitrogens is 1. The minimum Gasteiger partial charge on any atom is -0.354 e. The first kappa shape index (κ1) is 14.0. The number of hydrogen-bond acceptors (Lipinski definition) is 2. The van der Waals surface area contributed by atoms with Crippen LogP contribution in [0.25, 0.3) is 6.08 Å². The summed E-state index contributed by atoms with van der Waals surface area (Å²) in [5.74, 6) is -0.181.